The van der Waals surface area contributed by atoms with Gasteiger partial charge in [0.25, 0.3) is 5.91 Å². The lowest BCUT2D eigenvalue weighted by Crippen LogP contribution is -2.26. The van der Waals surface area contributed by atoms with Crippen LogP contribution in [-0.2, 0) is 4.79 Å². The Morgan fingerprint density at radius 1 is 0.833 bits per heavy atom. The normalized spacial score (nSPS) is 11.3. The number of amides is 4. The second-order valence-electron chi connectivity index (χ2n) is 6.61. The van der Waals surface area contributed by atoms with Crippen LogP contribution in [0.4, 0.5) is 21.2 Å². The molecule has 2 aromatic carbocycles. The van der Waals surface area contributed by atoms with Crippen molar-refractivity contribution < 1.29 is 14.4 Å². The topological polar surface area (TPSA) is 99.3 Å². The summed E-state index contributed by atoms with van der Waals surface area (Å²) in [6.07, 6.45) is 0. The van der Waals surface area contributed by atoms with Gasteiger partial charge in [-0.05, 0) is 48.9 Å². The Bertz CT molecular complexity index is 1050. The fourth-order valence-electron chi connectivity index (χ4n) is 2.76. The summed E-state index contributed by atoms with van der Waals surface area (Å²) in [5.74, 6) is -0.396. The van der Waals surface area contributed by atoms with Crippen LogP contribution >= 0.6 is 11.3 Å². The van der Waals surface area contributed by atoms with Gasteiger partial charge in [0.2, 0.25) is 5.91 Å². The largest absolute Gasteiger partial charge is 0.345 e. The number of urea groups is 1. The summed E-state index contributed by atoms with van der Waals surface area (Å²) in [5.41, 5.74) is 2.22. The highest BCUT2D eigenvalue weighted by Crippen LogP contribution is 2.24. The van der Waals surface area contributed by atoms with E-state index in [0.29, 0.717) is 21.3 Å². The summed E-state index contributed by atoms with van der Waals surface area (Å²) in [4.78, 5) is 36.4. The van der Waals surface area contributed by atoms with Gasteiger partial charge in [-0.25, -0.2) is 4.79 Å². The van der Waals surface area contributed by atoms with E-state index in [1.165, 1.54) is 18.3 Å². The highest BCUT2D eigenvalue weighted by atomic mass is 32.1. The molecule has 7 nitrogen and oxygen atoms in total. The Morgan fingerprint density at radius 3 is 2.30 bits per heavy atom. The number of para-hydroxylation sites is 1. The van der Waals surface area contributed by atoms with Crippen molar-refractivity contribution in [3.8, 4) is 0 Å². The molecule has 0 aliphatic heterocycles. The van der Waals surface area contributed by atoms with Crippen LogP contribution in [0.5, 0.6) is 0 Å². The predicted octanol–water partition coefficient (Wildman–Crippen LogP) is 4.84. The first kappa shape index (κ1) is 21.1. The maximum Gasteiger partial charge on any atom is 0.324 e. The molecule has 0 aliphatic carbocycles. The molecule has 0 aliphatic rings. The lowest BCUT2D eigenvalue weighted by molar-refractivity contribution is -0.114. The molecule has 8 heteroatoms. The van der Waals surface area contributed by atoms with Crippen molar-refractivity contribution in [2.45, 2.75) is 19.9 Å². The van der Waals surface area contributed by atoms with Gasteiger partial charge in [0, 0.05) is 18.3 Å². The molecule has 0 saturated carbocycles. The highest BCUT2D eigenvalue weighted by molar-refractivity contribution is 7.18. The average molecular weight is 423 g/mol. The van der Waals surface area contributed by atoms with Crippen LogP contribution < -0.4 is 21.3 Å². The fourth-order valence-corrected chi connectivity index (χ4v) is 3.57. The zero-order valence-electron chi connectivity index (χ0n) is 16.6. The predicted molar refractivity (Wildman–Crippen MR) is 120 cm³/mol. The zero-order valence-corrected chi connectivity index (χ0v) is 17.4. The van der Waals surface area contributed by atoms with Gasteiger partial charge in [0.1, 0.15) is 0 Å². The molecule has 3 aromatic rings. The van der Waals surface area contributed by atoms with Crippen molar-refractivity contribution in [1.29, 1.82) is 0 Å². The van der Waals surface area contributed by atoms with Crippen LogP contribution in [0.2, 0.25) is 0 Å². The molecule has 0 spiro atoms. The van der Waals surface area contributed by atoms with Gasteiger partial charge in [0.05, 0.1) is 15.9 Å². The van der Waals surface area contributed by atoms with Crippen molar-refractivity contribution in [1.82, 2.24) is 5.32 Å². The quantitative estimate of drug-likeness (QED) is 0.457. The van der Waals surface area contributed by atoms with Crippen LogP contribution in [-0.4, -0.2) is 17.8 Å². The minimum absolute atomic E-state index is 0.154. The maximum absolute atomic E-state index is 12.6. The molecule has 4 amide bonds. The Labute approximate surface area is 178 Å². The van der Waals surface area contributed by atoms with E-state index in [1.807, 2.05) is 43.3 Å². The Kier molecular flexibility index (Phi) is 6.82. The summed E-state index contributed by atoms with van der Waals surface area (Å²) in [7, 11) is 0. The summed E-state index contributed by atoms with van der Waals surface area (Å²) >= 11 is 1.19. The standard InChI is InChI=1S/C22H22N4O3S/c1-14(16-7-6-10-18(13-16)24-15(2)27)23-21(28)19-11-12-20(30-19)26-22(29)25-17-8-4-3-5-9-17/h3-14H,1-2H3,(H,23,28)(H,24,27)(H2,25,26,29). The number of anilines is 3. The number of thiophene rings is 1. The number of carbonyl (C=O) groups is 3. The van der Waals surface area contributed by atoms with E-state index in [2.05, 4.69) is 21.3 Å². The number of rotatable bonds is 6. The summed E-state index contributed by atoms with van der Waals surface area (Å²) in [6, 6.07) is 19.1. The Morgan fingerprint density at radius 2 is 1.57 bits per heavy atom. The number of hydrogen-bond acceptors (Lipinski definition) is 4. The van der Waals surface area contributed by atoms with Crippen molar-refractivity contribution in [2.24, 2.45) is 0 Å². The molecule has 1 aromatic heterocycles. The molecular weight excluding hydrogens is 400 g/mol. The molecule has 0 fully saturated rings. The lowest BCUT2D eigenvalue weighted by atomic mass is 10.1. The summed E-state index contributed by atoms with van der Waals surface area (Å²) < 4.78 is 0. The first-order chi connectivity index (χ1) is 14.4. The summed E-state index contributed by atoms with van der Waals surface area (Å²) in [6.45, 7) is 3.31. The second kappa shape index (κ2) is 9.71. The van der Waals surface area contributed by atoms with E-state index in [1.54, 1.807) is 30.3 Å². The first-order valence-electron chi connectivity index (χ1n) is 9.32. The third-order valence-corrected chi connectivity index (χ3v) is 5.15. The van der Waals surface area contributed by atoms with Crippen molar-refractivity contribution in [3.05, 3.63) is 77.2 Å². The van der Waals surface area contributed by atoms with Crippen LogP contribution in [0.1, 0.15) is 35.1 Å². The van der Waals surface area contributed by atoms with Gasteiger partial charge in [0.15, 0.2) is 0 Å². The van der Waals surface area contributed by atoms with E-state index >= 15 is 0 Å². The smallest absolute Gasteiger partial charge is 0.324 e. The van der Waals surface area contributed by atoms with Gasteiger partial charge in [-0.2, -0.15) is 0 Å². The SMILES string of the molecule is CC(=O)Nc1cccc(C(C)NC(=O)c2ccc(NC(=O)Nc3ccccc3)s2)c1. The van der Waals surface area contributed by atoms with Crippen LogP contribution in [0.3, 0.4) is 0 Å². The maximum atomic E-state index is 12.6. The monoisotopic (exact) mass is 422 g/mol. The van der Waals surface area contributed by atoms with E-state index in [4.69, 9.17) is 0 Å². The number of carbonyl (C=O) groups excluding carboxylic acids is 3. The molecule has 1 heterocycles. The van der Waals surface area contributed by atoms with E-state index in [-0.39, 0.29) is 23.9 Å². The van der Waals surface area contributed by atoms with Gasteiger partial charge >= 0.3 is 6.03 Å². The third-order valence-electron chi connectivity index (χ3n) is 4.15. The van der Waals surface area contributed by atoms with Crippen molar-refractivity contribution >= 4 is 45.6 Å². The van der Waals surface area contributed by atoms with Crippen LogP contribution in [0.25, 0.3) is 0 Å². The molecule has 1 atom stereocenters. The Hall–Kier alpha value is -3.65. The van der Waals surface area contributed by atoms with Crippen LogP contribution in [0.15, 0.2) is 66.7 Å². The molecule has 1 unspecified atom stereocenters. The minimum Gasteiger partial charge on any atom is -0.345 e. The highest BCUT2D eigenvalue weighted by Gasteiger charge is 2.15. The fraction of sp³-hybridized carbons (Fsp3) is 0.136. The van der Waals surface area contributed by atoms with E-state index < -0.39 is 0 Å². The minimum atomic E-state index is -0.377. The Balaban J connectivity index is 1.58. The number of hydrogen-bond donors (Lipinski definition) is 4. The molecule has 30 heavy (non-hydrogen) atoms. The van der Waals surface area contributed by atoms with E-state index in [0.717, 1.165) is 5.56 Å². The van der Waals surface area contributed by atoms with Gasteiger partial charge < -0.3 is 16.0 Å². The number of benzene rings is 2. The zero-order chi connectivity index (χ0) is 21.5. The van der Waals surface area contributed by atoms with Crippen molar-refractivity contribution in [3.63, 3.8) is 0 Å². The molecule has 4 N–H and O–H groups in total. The second-order valence-corrected chi connectivity index (χ2v) is 7.69. The molecule has 0 saturated heterocycles. The third kappa shape index (κ3) is 5.92. The molecule has 3 rings (SSSR count). The molecular formula is C22H22N4O3S. The van der Waals surface area contributed by atoms with Gasteiger partial charge in [-0.3, -0.25) is 14.9 Å². The van der Waals surface area contributed by atoms with Crippen molar-refractivity contribution in [2.75, 3.05) is 16.0 Å². The molecule has 0 bridgehead atoms. The first-order valence-corrected chi connectivity index (χ1v) is 10.1. The molecule has 154 valence electrons. The number of nitrogens with one attached hydrogen (secondary N) is 4. The van der Waals surface area contributed by atoms with Gasteiger partial charge in [-0.1, -0.05) is 30.3 Å². The lowest BCUT2D eigenvalue weighted by Gasteiger charge is -2.15. The molecule has 0 radical (unpaired) electrons. The summed E-state index contributed by atoms with van der Waals surface area (Å²) in [5, 5.41) is 11.7. The van der Waals surface area contributed by atoms with E-state index in [9.17, 15) is 14.4 Å². The average Bonchev–Trinajstić information content (AvgIpc) is 3.17. The van der Waals surface area contributed by atoms with Gasteiger partial charge in [-0.15, -0.1) is 11.3 Å². The van der Waals surface area contributed by atoms with Crippen LogP contribution in [0, 0.1) is 0 Å².